The second kappa shape index (κ2) is 4.64. The van der Waals surface area contributed by atoms with Gasteiger partial charge in [-0.15, -0.1) is 0 Å². The van der Waals surface area contributed by atoms with E-state index in [1.54, 1.807) is 10.6 Å². The minimum atomic E-state index is -0.994. The topological polar surface area (TPSA) is 67.5 Å². The lowest BCUT2D eigenvalue weighted by Gasteiger charge is -2.19. The van der Waals surface area contributed by atoms with Crippen LogP contribution in [0.3, 0.4) is 0 Å². The second-order valence-electron chi connectivity index (χ2n) is 5.26. The number of hydrogen-bond donors (Lipinski definition) is 1. The number of hydrogen-bond acceptors (Lipinski definition) is 3. The van der Waals surface area contributed by atoms with Crippen LogP contribution in [0.5, 0.6) is 0 Å². The van der Waals surface area contributed by atoms with E-state index in [0.717, 1.165) is 11.4 Å². The third kappa shape index (κ3) is 2.20. The van der Waals surface area contributed by atoms with E-state index < -0.39 is 5.97 Å². The number of nitrogens with zero attached hydrogens (tertiary/aromatic N) is 3. The average Bonchev–Trinajstić information content (AvgIpc) is 2.84. The van der Waals surface area contributed by atoms with Crippen LogP contribution < -0.4 is 0 Å². The average molecular weight is 259 g/mol. The van der Waals surface area contributed by atoms with Gasteiger partial charge in [-0.2, -0.15) is 5.10 Å². The number of rotatable bonds is 2. The molecule has 0 unspecified atom stereocenters. The van der Waals surface area contributed by atoms with Crippen molar-refractivity contribution in [1.29, 1.82) is 0 Å². The summed E-state index contributed by atoms with van der Waals surface area (Å²) in [5.74, 6) is -0.492. The van der Waals surface area contributed by atoms with E-state index >= 15 is 0 Å². The molecule has 0 bridgehead atoms. The van der Waals surface area contributed by atoms with Crippen LogP contribution in [0.1, 0.15) is 59.9 Å². The van der Waals surface area contributed by atoms with Crippen molar-refractivity contribution in [3.05, 3.63) is 29.2 Å². The van der Waals surface area contributed by atoms with Crippen molar-refractivity contribution in [2.24, 2.45) is 0 Å². The Morgan fingerprint density at radius 1 is 1.32 bits per heavy atom. The Labute approximate surface area is 111 Å². The van der Waals surface area contributed by atoms with Crippen molar-refractivity contribution in [2.45, 2.75) is 44.9 Å². The zero-order valence-electron chi connectivity index (χ0n) is 11.0. The summed E-state index contributed by atoms with van der Waals surface area (Å²) in [6.07, 6.45) is 6.17. The van der Waals surface area contributed by atoms with Crippen LogP contribution in [-0.2, 0) is 0 Å². The van der Waals surface area contributed by atoms with Gasteiger partial charge in [-0.3, -0.25) is 0 Å². The van der Waals surface area contributed by atoms with Crippen molar-refractivity contribution in [3.63, 3.8) is 0 Å². The summed E-state index contributed by atoms with van der Waals surface area (Å²) in [6.45, 7) is 1.86. The van der Waals surface area contributed by atoms with Gasteiger partial charge in [-0.25, -0.2) is 14.3 Å². The lowest BCUT2D eigenvalue weighted by molar-refractivity contribution is 0.0690. The molecule has 1 aliphatic carbocycles. The Bertz CT molecular complexity index is 627. The second-order valence-corrected chi connectivity index (χ2v) is 5.26. The van der Waals surface area contributed by atoms with Crippen LogP contribution in [0, 0.1) is 6.92 Å². The predicted octanol–water partition coefficient (Wildman–Crippen LogP) is 2.78. The van der Waals surface area contributed by atoms with Crippen molar-refractivity contribution in [2.75, 3.05) is 0 Å². The lowest BCUT2D eigenvalue weighted by Crippen LogP contribution is -2.06. The SMILES string of the molecule is Cc1cc(C(=O)O)nc2cc(C3CCCCC3)nn12. The molecule has 0 aromatic carbocycles. The Balaban J connectivity index is 2.04. The van der Waals surface area contributed by atoms with Crippen LogP contribution in [0.15, 0.2) is 12.1 Å². The zero-order chi connectivity index (χ0) is 13.4. The molecule has 2 aromatic rings. The Morgan fingerprint density at radius 2 is 2.05 bits per heavy atom. The van der Waals surface area contributed by atoms with Gasteiger partial charge in [0, 0.05) is 17.7 Å². The lowest BCUT2D eigenvalue weighted by atomic mass is 9.87. The molecule has 1 fully saturated rings. The zero-order valence-corrected chi connectivity index (χ0v) is 11.0. The molecule has 0 aliphatic heterocycles. The molecule has 1 aliphatic rings. The first-order chi connectivity index (χ1) is 9.15. The van der Waals surface area contributed by atoms with E-state index in [4.69, 9.17) is 5.11 Å². The molecule has 19 heavy (non-hydrogen) atoms. The van der Waals surface area contributed by atoms with E-state index in [1.807, 2.05) is 13.0 Å². The molecule has 5 heteroatoms. The van der Waals surface area contributed by atoms with Gasteiger partial charge in [0.2, 0.25) is 0 Å². The number of carbonyl (C=O) groups is 1. The molecule has 0 radical (unpaired) electrons. The van der Waals surface area contributed by atoms with Gasteiger partial charge in [0.05, 0.1) is 5.69 Å². The molecule has 1 saturated carbocycles. The maximum absolute atomic E-state index is 11.0. The molecule has 3 rings (SSSR count). The molecular formula is C14H17N3O2. The molecule has 1 N–H and O–H groups in total. The normalized spacial score (nSPS) is 16.9. The third-order valence-corrected chi connectivity index (χ3v) is 3.87. The third-order valence-electron chi connectivity index (χ3n) is 3.87. The van der Waals surface area contributed by atoms with Gasteiger partial charge >= 0.3 is 5.97 Å². The first-order valence-electron chi connectivity index (χ1n) is 6.76. The highest BCUT2D eigenvalue weighted by molar-refractivity contribution is 5.86. The smallest absolute Gasteiger partial charge is 0.354 e. The monoisotopic (exact) mass is 259 g/mol. The van der Waals surface area contributed by atoms with Gasteiger partial charge in [-0.1, -0.05) is 19.3 Å². The fourth-order valence-electron chi connectivity index (χ4n) is 2.85. The number of aromatic carboxylic acids is 1. The molecule has 2 aromatic heterocycles. The summed E-state index contributed by atoms with van der Waals surface area (Å²) in [6, 6.07) is 3.50. The fourth-order valence-corrected chi connectivity index (χ4v) is 2.85. The summed E-state index contributed by atoms with van der Waals surface area (Å²) >= 11 is 0. The summed E-state index contributed by atoms with van der Waals surface area (Å²) < 4.78 is 1.75. The molecule has 5 nitrogen and oxygen atoms in total. The van der Waals surface area contributed by atoms with Crippen molar-refractivity contribution in [3.8, 4) is 0 Å². The van der Waals surface area contributed by atoms with Crippen LogP contribution in [0.25, 0.3) is 5.65 Å². The van der Waals surface area contributed by atoms with E-state index in [2.05, 4.69) is 10.1 Å². The van der Waals surface area contributed by atoms with E-state index in [1.165, 1.54) is 32.1 Å². The van der Waals surface area contributed by atoms with Crippen LogP contribution >= 0.6 is 0 Å². The van der Waals surface area contributed by atoms with Crippen LogP contribution in [-0.4, -0.2) is 25.7 Å². The molecule has 2 heterocycles. The molecule has 0 spiro atoms. The maximum atomic E-state index is 11.0. The quantitative estimate of drug-likeness (QED) is 0.900. The number of carboxylic acid groups (broad SMARTS) is 1. The molecule has 0 amide bonds. The van der Waals surface area contributed by atoms with E-state index in [9.17, 15) is 4.79 Å². The van der Waals surface area contributed by atoms with Crippen molar-refractivity contribution < 1.29 is 9.90 Å². The number of fused-ring (bicyclic) bond motifs is 1. The van der Waals surface area contributed by atoms with Crippen molar-refractivity contribution in [1.82, 2.24) is 14.6 Å². The molecular weight excluding hydrogens is 242 g/mol. The fraction of sp³-hybridized carbons (Fsp3) is 0.500. The highest BCUT2D eigenvalue weighted by atomic mass is 16.4. The number of aromatic nitrogens is 3. The van der Waals surface area contributed by atoms with E-state index in [-0.39, 0.29) is 5.69 Å². The summed E-state index contributed by atoms with van der Waals surface area (Å²) in [4.78, 5) is 15.2. The Kier molecular flexibility index (Phi) is 2.97. The molecule has 0 saturated heterocycles. The van der Waals surface area contributed by atoms with E-state index in [0.29, 0.717) is 11.6 Å². The van der Waals surface area contributed by atoms with Gasteiger partial charge in [0.1, 0.15) is 0 Å². The maximum Gasteiger partial charge on any atom is 0.354 e. The minimum Gasteiger partial charge on any atom is -0.477 e. The van der Waals surface area contributed by atoms with Gasteiger partial charge in [0.15, 0.2) is 11.3 Å². The standard InChI is InChI=1S/C14H17N3O2/c1-9-7-12(14(18)19)15-13-8-11(16-17(9)13)10-5-3-2-4-6-10/h7-8,10H,2-6H2,1H3,(H,18,19). The van der Waals surface area contributed by atoms with Crippen LogP contribution in [0.4, 0.5) is 0 Å². The molecule has 100 valence electrons. The first-order valence-corrected chi connectivity index (χ1v) is 6.76. The van der Waals surface area contributed by atoms with Gasteiger partial charge in [-0.05, 0) is 25.8 Å². The Morgan fingerprint density at radius 3 is 2.74 bits per heavy atom. The van der Waals surface area contributed by atoms with Crippen LogP contribution in [0.2, 0.25) is 0 Å². The highest BCUT2D eigenvalue weighted by Gasteiger charge is 2.20. The predicted molar refractivity (Wildman–Crippen MR) is 70.5 cm³/mol. The Hall–Kier alpha value is -1.91. The van der Waals surface area contributed by atoms with Crippen molar-refractivity contribution >= 4 is 11.6 Å². The molecule has 0 atom stereocenters. The summed E-state index contributed by atoms with van der Waals surface area (Å²) in [7, 11) is 0. The number of aryl methyl sites for hydroxylation is 1. The number of carboxylic acids is 1. The summed E-state index contributed by atoms with van der Waals surface area (Å²) in [5.41, 5.74) is 2.58. The highest BCUT2D eigenvalue weighted by Crippen LogP contribution is 2.32. The summed E-state index contributed by atoms with van der Waals surface area (Å²) in [5, 5.41) is 13.6. The van der Waals surface area contributed by atoms with Gasteiger partial charge < -0.3 is 5.11 Å². The van der Waals surface area contributed by atoms with Gasteiger partial charge in [0.25, 0.3) is 0 Å². The first kappa shape index (κ1) is 12.1. The minimum absolute atomic E-state index is 0.0834. The largest absolute Gasteiger partial charge is 0.477 e.